The van der Waals surface area contributed by atoms with Crippen molar-refractivity contribution >= 4 is 23.4 Å². The van der Waals surface area contributed by atoms with Crippen molar-refractivity contribution in [2.24, 2.45) is 0 Å². The summed E-state index contributed by atoms with van der Waals surface area (Å²) in [7, 11) is 0. The lowest BCUT2D eigenvalue weighted by Gasteiger charge is -2.21. The number of carbonyl (C=O) groups is 1. The first-order valence-corrected chi connectivity index (χ1v) is 10.2. The minimum atomic E-state index is -0.905. The predicted molar refractivity (Wildman–Crippen MR) is 115 cm³/mol. The quantitative estimate of drug-likeness (QED) is 0.589. The molecule has 0 spiro atoms. The number of hydrogen-bond acceptors (Lipinski definition) is 3. The third-order valence-corrected chi connectivity index (χ3v) is 5.40. The fraction of sp³-hybridized carbons (Fsp3) is 0.304. The van der Waals surface area contributed by atoms with Gasteiger partial charge in [0, 0.05) is 23.3 Å². The summed E-state index contributed by atoms with van der Waals surface area (Å²) >= 11 is 1.77. The highest BCUT2D eigenvalue weighted by Gasteiger charge is 2.22. The number of aromatic nitrogens is 2. The van der Waals surface area contributed by atoms with Gasteiger partial charge in [-0.2, -0.15) is 0 Å². The number of allylic oxidation sites excluding steroid dienone is 1. The maximum Gasteiger partial charge on any atom is 0.335 e. The monoisotopic (exact) mass is 394 g/mol. The first kappa shape index (κ1) is 20.1. The summed E-state index contributed by atoms with van der Waals surface area (Å²) < 4.78 is 2.23. The molecule has 0 aliphatic heterocycles. The van der Waals surface area contributed by atoms with Crippen LogP contribution in [0.25, 0.3) is 6.08 Å². The number of imidazole rings is 1. The SMILES string of the molecule is C/C(=C/c1cnc(C(C)(C)C)n1Cc1ccc(C(=O)O)cc1)Cc1cccs1. The van der Waals surface area contributed by atoms with Crippen molar-refractivity contribution < 1.29 is 9.90 Å². The fourth-order valence-electron chi connectivity index (χ4n) is 3.20. The van der Waals surface area contributed by atoms with Crippen LogP contribution in [-0.2, 0) is 18.4 Å². The van der Waals surface area contributed by atoms with E-state index in [0.29, 0.717) is 12.1 Å². The third-order valence-electron chi connectivity index (χ3n) is 4.53. The predicted octanol–water partition coefficient (Wildman–Crippen LogP) is 5.63. The molecule has 0 saturated carbocycles. The molecular formula is C23H26N2O2S. The maximum absolute atomic E-state index is 11.1. The summed E-state index contributed by atoms with van der Waals surface area (Å²) in [5.74, 6) is 0.113. The molecule has 0 radical (unpaired) electrons. The van der Waals surface area contributed by atoms with Gasteiger partial charge in [0.2, 0.25) is 0 Å². The van der Waals surface area contributed by atoms with Crippen molar-refractivity contribution in [2.75, 3.05) is 0 Å². The number of aromatic carboxylic acids is 1. The van der Waals surface area contributed by atoms with E-state index in [0.717, 1.165) is 23.5 Å². The van der Waals surface area contributed by atoms with E-state index in [1.165, 1.54) is 10.5 Å². The van der Waals surface area contributed by atoms with Crippen LogP contribution in [0.2, 0.25) is 0 Å². The molecule has 28 heavy (non-hydrogen) atoms. The van der Waals surface area contributed by atoms with E-state index in [1.54, 1.807) is 23.5 Å². The van der Waals surface area contributed by atoms with E-state index in [2.05, 4.69) is 55.9 Å². The number of nitrogens with zero attached hydrogens (tertiary/aromatic N) is 2. The topological polar surface area (TPSA) is 55.1 Å². The molecule has 3 rings (SSSR count). The summed E-state index contributed by atoms with van der Waals surface area (Å²) in [5.41, 5.74) is 3.62. The molecule has 0 amide bonds. The van der Waals surface area contributed by atoms with Gasteiger partial charge in [-0.25, -0.2) is 9.78 Å². The molecule has 0 atom stereocenters. The Balaban J connectivity index is 1.93. The lowest BCUT2D eigenvalue weighted by Crippen LogP contribution is -2.20. The van der Waals surface area contributed by atoms with E-state index in [4.69, 9.17) is 10.1 Å². The third kappa shape index (κ3) is 4.78. The largest absolute Gasteiger partial charge is 0.478 e. The Bertz CT molecular complexity index is 975. The van der Waals surface area contributed by atoms with E-state index < -0.39 is 5.97 Å². The molecule has 0 fully saturated rings. The number of carboxylic acids is 1. The lowest BCUT2D eigenvalue weighted by molar-refractivity contribution is 0.0697. The molecule has 5 heteroatoms. The van der Waals surface area contributed by atoms with E-state index in [-0.39, 0.29) is 5.41 Å². The van der Waals surface area contributed by atoms with Crippen molar-refractivity contribution in [3.63, 3.8) is 0 Å². The maximum atomic E-state index is 11.1. The van der Waals surface area contributed by atoms with E-state index >= 15 is 0 Å². The van der Waals surface area contributed by atoms with Crippen molar-refractivity contribution in [1.82, 2.24) is 9.55 Å². The normalized spacial score (nSPS) is 12.4. The average molecular weight is 395 g/mol. The standard InChI is InChI=1S/C23H26N2O2S/c1-16(13-20-6-5-11-28-20)12-19-14-24-22(23(2,3)4)25(19)15-17-7-9-18(10-8-17)21(26)27/h5-12,14H,13,15H2,1-4H3,(H,26,27)/b16-12-. The average Bonchev–Trinajstić information content (AvgIpc) is 3.25. The summed E-state index contributed by atoms with van der Waals surface area (Å²) in [6.07, 6.45) is 5.07. The minimum absolute atomic E-state index is 0.0885. The molecule has 4 nitrogen and oxygen atoms in total. The Hall–Kier alpha value is -2.66. The first-order chi connectivity index (χ1) is 13.2. The number of thiophene rings is 1. The molecule has 0 bridgehead atoms. The van der Waals surface area contributed by atoms with Crippen LogP contribution in [0.3, 0.4) is 0 Å². The van der Waals surface area contributed by atoms with Gasteiger partial charge in [0.05, 0.1) is 17.5 Å². The van der Waals surface area contributed by atoms with Gasteiger partial charge in [-0.1, -0.05) is 44.5 Å². The highest BCUT2D eigenvalue weighted by atomic mass is 32.1. The van der Waals surface area contributed by atoms with Gasteiger partial charge in [0.1, 0.15) is 5.82 Å². The van der Waals surface area contributed by atoms with Crippen molar-refractivity contribution in [3.05, 3.63) is 81.1 Å². The molecule has 2 heterocycles. The van der Waals surface area contributed by atoms with Crippen LogP contribution in [-0.4, -0.2) is 20.6 Å². The Morgan fingerprint density at radius 2 is 1.93 bits per heavy atom. The molecule has 0 unspecified atom stereocenters. The van der Waals surface area contributed by atoms with E-state index in [1.807, 2.05) is 18.3 Å². The van der Waals surface area contributed by atoms with Crippen LogP contribution in [0.4, 0.5) is 0 Å². The van der Waals surface area contributed by atoms with Crippen LogP contribution in [0.5, 0.6) is 0 Å². The molecule has 1 aromatic carbocycles. The van der Waals surface area contributed by atoms with Gasteiger partial charge in [-0.05, 0) is 42.1 Å². The number of hydrogen-bond donors (Lipinski definition) is 1. The minimum Gasteiger partial charge on any atom is -0.478 e. The summed E-state index contributed by atoms with van der Waals surface area (Å²) in [4.78, 5) is 17.2. The van der Waals surface area contributed by atoms with Crippen LogP contribution in [0, 0.1) is 0 Å². The highest BCUT2D eigenvalue weighted by Crippen LogP contribution is 2.25. The zero-order chi connectivity index (χ0) is 20.3. The Morgan fingerprint density at radius 3 is 2.50 bits per heavy atom. The summed E-state index contributed by atoms with van der Waals surface area (Å²) in [5, 5.41) is 11.2. The Labute approximate surface area is 170 Å². The van der Waals surface area contributed by atoms with Gasteiger partial charge in [0.15, 0.2) is 0 Å². The summed E-state index contributed by atoms with van der Waals surface area (Å²) in [6.45, 7) is 9.28. The highest BCUT2D eigenvalue weighted by molar-refractivity contribution is 7.09. The molecule has 0 aliphatic rings. The van der Waals surface area contributed by atoms with Crippen LogP contribution >= 0.6 is 11.3 Å². The zero-order valence-electron chi connectivity index (χ0n) is 16.8. The molecule has 3 aromatic rings. The zero-order valence-corrected chi connectivity index (χ0v) is 17.6. The van der Waals surface area contributed by atoms with Crippen molar-refractivity contribution in [1.29, 1.82) is 0 Å². The second-order valence-corrected chi connectivity index (χ2v) is 9.12. The van der Waals surface area contributed by atoms with Gasteiger partial charge in [0.25, 0.3) is 0 Å². The molecule has 146 valence electrons. The van der Waals surface area contributed by atoms with Crippen molar-refractivity contribution in [2.45, 2.75) is 46.1 Å². The van der Waals surface area contributed by atoms with Crippen LogP contribution < -0.4 is 0 Å². The second-order valence-electron chi connectivity index (χ2n) is 8.09. The molecule has 1 N–H and O–H groups in total. The number of benzene rings is 1. The molecule has 2 aromatic heterocycles. The second kappa shape index (κ2) is 8.15. The number of rotatable bonds is 6. The summed E-state index contributed by atoms with van der Waals surface area (Å²) in [6, 6.07) is 11.3. The smallest absolute Gasteiger partial charge is 0.335 e. The first-order valence-electron chi connectivity index (χ1n) is 9.32. The Kier molecular flexibility index (Phi) is 5.84. The fourth-order valence-corrected chi connectivity index (χ4v) is 4.00. The Morgan fingerprint density at radius 1 is 1.21 bits per heavy atom. The molecule has 0 aliphatic carbocycles. The number of carboxylic acid groups (broad SMARTS) is 1. The van der Waals surface area contributed by atoms with Crippen LogP contribution in [0.1, 0.15) is 60.0 Å². The van der Waals surface area contributed by atoms with Gasteiger partial charge in [-0.15, -0.1) is 11.3 Å². The molecule has 0 saturated heterocycles. The lowest BCUT2D eigenvalue weighted by atomic mass is 9.95. The van der Waals surface area contributed by atoms with Gasteiger partial charge in [-0.3, -0.25) is 0 Å². The van der Waals surface area contributed by atoms with Gasteiger partial charge >= 0.3 is 5.97 Å². The van der Waals surface area contributed by atoms with E-state index in [9.17, 15) is 4.79 Å². The van der Waals surface area contributed by atoms with Crippen molar-refractivity contribution in [3.8, 4) is 0 Å². The van der Waals surface area contributed by atoms with Crippen LogP contribution in [0.15, 0.2) is 53.5 Å². The van der Waals surface area contributed by atoms with Gasteiger partial charge < -0.3 is 9.67 Å². The molecular weight excluding hydrogens is 368 g/mol.